The van der Waals surface area contributed by atoms with Crippen LogP contribution < -0.4 is 5.73 Å². The summed E-state index contributed by atoms with van der Waals surface area (Å²) in [5.74, 6) is -1.01. The van der Waals surface area contributed by atoms with Gasteiger partial charge in [-0.1, -0.05) is 0 Å². The fourth-order valence-corrected chi connectivity index (χ4v) is 1.12. The molecular formula is C9H11NO3. The van der Waals surface area contributed by atoms with E-state index in [0.717, 1.165) is 0 Å². The Morgan fingerprint density at radius 2 is 2.15 bits per heavy atom. The first-order valence-corrected chi connectivity index (χ1v) is 3.84. The van der Waals surface area contributed by atoms with Gasteiger partial charge in [-0.25, -0.2) is 4.79 Å². The van der Waals surface area contributed by atoms with E-state index in [4.69, 9.17) is 15.9 Å². The fourth-order valence-electron chi connectivity index (χ4n) is 1.12. The van der Waals surface area contributed by atoms with Crippen molar-refractivity contribution in [3.8, 4) is 5.75 Å². The van der Waals surface area contributed by atoms with Crippen LogP contribution in [0.4, 0.5) is 0 Å². The first kappa shape index (κ1) is 9.54. The Bertz CT molecular complexity index is 334. The molecule has 0 saturated carbocycles. The number of carbonyl (C=O) groups is 1. The minimum Gasteiger partial charge on any atom is -0.508 e. The Morgan fingerprint density at radius 3 is 2.62 bits per heavy atom. The summed E-state index contributed by atoms with van der Waals surface area (Å²) in [6.45, 7) is 1.67. The van der Waals surface area contributed by atoms with Gasteiger partial charge in [0.2, 0.25) is 0 Å². The fraction of sp³-hybridized carbons (Fsp3) is 0.222. The van der Waals surface area contributed by atoms with Gasteiger partial charge in [0.1, 0.15) is 5.75 Å². The normalized spacial score (nSPS) is 12.5. The molecule has 0 bridgehead atoms. The average molecular weight is 181 g/mol. The minimum absolute atomic E-state index is 0.0253. The lowest BCUT2D eigenvalue weighted by Gasteiger charge is -2.09. The summed E-state index contributed by atoms with van der Waals surface area (Å²) in [7, 11) is 0. The van der Waals surface area contributed by atoms with Crippen molar-refractivity contribution in [2.24, 2.45) is 5.73 Å². The molecule has 0 aliphatic rings. The van der Waals surface area contributed by atoms with Gasteiger partial charge in [-0.15, -0.1) is 0 Å². The highest BCUT2D eigenvalue weighted by molar-refractivity contribution is 5.89. The molecular weight excluding hydrogens is 170 g/mol. The van der Waals surface area contributed by atoms with Crippen LogP contribution in [0.2, 0.25) is 0 Å². The molecule has 0 fully saturated rings. The number of hydrogen-bond donors (Lipinski definition) is 3. The molecule has 0 aliphatic carbocycles. The van der Waals surface area contributed by atoms with E-state index < -0.39 is 12.0 Å². The molecule has 0 amide bonds. The van der Waals surface area contributed by atoms with Gasteiger partial charge in [0.15, 0.2) is 0 Å². The van der Waals surface area contributed by atoms with E-state index in [1.807, 2.05) is 0 Å². The number of aromatic carboxylic acids is 1. The maximum atomic E-state index is 10.7. The second kappa shape index (κ2) is 3.45. The van der Waals surface area contributed by atoms with Crippen LogP contribution in [0.1, 0.15) is 28.9 Å². The van der Waals surface area contributed by atoms with Crippen molar-refractivity contribution < 1.29 is 15.0 Å². The van der Waals surface area contributed by atoms with Crippen molar-refractivity contribution in [1.82, 2.24) is 0 Å². The molecule has 0 spiro atoms. The van der Waals surface area contributed by atoms with Crippen LogP contribution in [0.15, 0.2) is 18.2 Å². The molecule has 13 heavy (non-hydrogen) atoms. The number of phenolic OH excluding ortho intramolecular Hbond substituents is 1. The molecule has 0 saturated heterocycles. The van der Waals surface area contributed by atoms with E-state index in [-0.39, 0.29) is 11.3 Å². The predicted molar refractivity (Wildman–Crippen MR) is 47.7 cm³/mol. The zero-order chi connectivity index (χ0) is 10.0. The van der Waals surface area contributed by atoms with Gasteiger partial charge in [0.25, 0.3) is 0 Å². The zero-order valence-electron chi connectivity index (χ0n) is 7.19. The molecule has 4 nitrogen and oxygen atoms in total. The molecule has 0 unspecified atom stereocenters. The Balaban J connectivity index is 3.26. The van der Waals surface area contributed by atoms with Crippen molar-refractivity contribution in [3.05, 3.63) is 29.3 Å². The van der Waals surface area contributed by atoms with Gasteiger partial charge in [-0.05, 0) is 30.7 Å². The summed E-state index contributed by atoms with van der Waals surface area (Å²) in [6, 6.07) is 3.64. The van der Waals surface area contributed by atoms with E-state index in [0.29, 0.717) is 5.56 Å². The van der Waals surface area contributed by atoms with Crippen LogP contribution in [0.3, 0.4) is 0 Å². The molecule has 1 atom stereocenters. The summed E-state index contributed by atoms with van der Waals surface area (Å²) < 4.78 is 0. The number of hydrogen-bond acceptors (Lipinski definition) is 3. The van der Waals surface area contributed by atoms with Crippen LogP contribution >= 0.6 is 0 Å². The summed E-state index contributed by atoms with van der Waals surface area (Å²) >= 11 is 0. The van der Waals surface area contributed by atoms with Gasteiger partial charge in [-0.2, -0.15) is 0 Å². The highest BCUT2D eigenvalue weighted by Crippen LogP contribution is 2.21. The van der Waals surface area contributed by atoms with Crippen molar-refractivity contribution in [2.75, 3.05) is 0 Å². The van der Waals surface area contributed by atoms with Crippen LogP contribution in [0.5, 0.6) is 5.75 Å². The third kappa shape index (κ3) is 1.97. The van der Waals surface area contributed by atoms with Crippen molar-refractivity contribution in [3.63, 3.8) is 0 Å². The standard InChI is InChI=1S/C9H11NO3/c1-5(10)8-4-6(11)2-3-7(8)9(12)13/h2-5,11H,10H2,1H3,(H,12,13)/t5-/m1/s1. The third-order valence-corrected chi connectivity index (χ3v) is 1.76. The van der Waals surface area contributed by atoms with Crippen LogP contribution in [-0.2, 0) is 0 Å². The number of carboxylic acids is 1. The molecule has 0 radical (unpaired) electrons. The Kier molecular flexibility index (Phi) is 2.53. The van der Waals surface area contributed by atoms with Crippen LogP contribution in [-0.4, -0.2) is 16.2 Å². The van der Waals surface area contributed by atoms with Crippen molar-refractivity contribution >= 4 is 5.97 Å². The SMILES string of the molecule is C[C@@H](N)c1cc(O)ccc1C(=O)O. The molecule has 1 rings (SSSR count). The quantitative estimate of drug-likeness (QED) is 0.638. The molecule has 70 valence electrons. The van der Waals surface area contributed by atoms with E-state index >= 15 is 0 Å². The van der Waals surface area contributed by atoms with Gasteiger partial charge >= 0.3 is 5.97 Å². The number of phenols is 1. The lowest BCUT2D eigenvalue weighted by Crippen LogP contribution is -2.11. The summed E-state index contributed by atoms with van der Waals surface area (Å²) in [5, 5.41) is 17.9. The minimum atomic E-state index is -1.03. The van der Waals surface area contributed by atoms with Crippen molar-refractivity contribution in [2.45, 2.75) is 13.0 Å². The molecule has 4 heteroatoms. The van der Waals surface area contributed by atoms with Gasteiger partial charge in [0.05, 0.1) is 5.56 Å². The number of rotatable bonds is 2. The second-order valence-electron chi connectivity index (χ2n) is 2.87. The predicted octanol–water partition coefficient (Wildman–Crippen LogP) is 1.11. The highest BCUT2D eigenvalue weighted by Gasteiger charge is 2.13. The molecule has 4 N–H and O–H groups in total. The average Bonchev–Trinajstić information content (AvgIpc) is 2.03. The molecule has 1 aromatic carbocycles. The van der Waals surface area contributed by atoms with Gasteiger partial charge in [0, 0.05) is 6.04 Å². The van der Waals surface area contributed by atoms with Crippen LogP contribution in [0.25, 0.3) is 0 Å². The summed E-state index contributed by atoms with van der Waals surface area (Å²) in [4.78, 5) is 10.7. The number of carboxylic acid groups (broad SMARTS) is 1. The Labute approximate surface area is 75.6 Å². The Morgan fingerprint density at radius 1 is 1.54 bits per heavy atom. The highest BCUT2D eigenvalue weighted by atomic mass is 16.4. The molecule has 0 aliphatic heterocycles. The van der Waals surface area contributed by atoms with E-state index in [1.165, 1.54) is 18.2 Å². The lowest BCUT2D eigenvalue weighted by atomic mass is 10.0. The van der Waals surface area contributed by atoms with Gasteiger partial charge < -0.3 is 15.9 Å². The smallest absolute Gasteiger partial charge is 0.336 e. The Hall–Kier alpha value is -1.55. The second-order valence-corrected chi connectivity index (χ2v) is 2.87. The number of benzene rings is 1. The maximum Gasteiger partial charge on any atom is 0.336 e. The molecule has 0 heterocycles. The van der Waals surface area contributed by atoms with Gasteiger partial charge in [-0.3, -0.25) is 0 Å². The summed E-state index contributed by atoms with van der Waals surface area (Å²) in [6.07, 6.45) is 0. The van der Waals surface area contributed by atoms with Crippen LogP contribution in [0, 0.1) is 0 Å². The molecule has 1 aromatic rings. The van der Waals surface area contributed by atoms with E-state index in [1.54, 1.807) is 6.92 Å². The lowest BCUT2D eigenvalue weighted by molar-refractivity contribution is 0.0695. The molecule has 0 aromatic heterocycles. The van der Waals surface area contributed by atoms with E-state index in [2.05, 4.69) is 0 Å². The topological polar surface area (TPSA) is 83.5 Å². The maximum absolute atomic E-state index is 10.7. The third-order valence-electron chi connectivity index (χ3n) is 1.76. The monoisotopic (exact) mass is 181 g/mol. The van der Waals surface area contributed by atoms with Crippen molar-refractivity contribution in [1.29, 1.82) is 0 Å². The first-order valence-electron chi connectivity index (χ1n) is 3.84. The number of aromatic hydroxyl groups is 1. The number of nitrogens with two attached hydrogens (primary N) is 1. The summed E-state index contributed by atoms with van der Waals surface area (Å²) in [5.41, 5.74) is 6.12. The first-order chi connectivity index (χ1) is 6.02. The zero-order valence-corrected chi connectivity index (χ0v) is 7.19. The largest absolute Gasteiger partial charge is 0.508 e. The van der Waals surface area contributed by atoms with E-state index in [9.17, 15) is 4.79 Å².